The van der Waals surface area contributed by atoms with E-state index in [4.69, 9.17) is 0 Å². The molecule has 1 heterocycles. The average Bonchev–Trinajstić information content (AvgIpc) is 2.63. The van der Waals surface area contributed by atoms with Crippen LogP contribution in [0.3, 0.4) is 0 Å². The van der Waals surface area contributed by atoms with Crippen LogP contribution in [-0.4, -0.2) is 21.6 Å². The number of fused-ring (bicyclic) bond motifs is 1. The summed E-state index contributed by atoms with van der Waals surface area (Å²) in [6.07, 6.45) is 1.12. The second-order valence-corrected chi connectivity index (χ2v) is 5.17. The lowest BCUT2D eigenvalue weighted by molar-refractivity contribution is -0.122. The SMILES string of the molecule is O=C(Cn1ncc(=O)c2ccccc21)NNC(=O)c1ccccc1F. The summed E-state index contributed by atoms with van der Waals surface area (Å²) in [7, 11) is 0. The number of rotatable bonds is 3. The highest BCUT2D eigenvalue weighted by Gasteiger charge is 2.12. The maximum absolute atomic E-state index is 13.5. The minimum atomic E-state index is -0.774. The number of nitrogens with one attached hydrogen (secondary N) is 2. The smallest absolute Gasteiger partial charge is 0.272 e. The van der Waals surface area contributed by atoms with Gasteiger partial charge in [-0.1, -0.05) is 24.3 Å². The van der Waals surface area contributed by atoms with Crippen LogP contribution in [-0.2, 0) is 11.3 Å². The van der Waals surface area contributed by atoms with E-state index in [0.717, 1.165) is 12.3 Å². The first-order valence-corrected chi connectivity index (χ1v) is 7.35. The van der Waals surface area contributed by atoms with Gasteiger partial charge in [-0.2, -0.15) is 5.10 Å². The number of halogens is 1. The highest BCUT2D eigenvalue weighted by atomic mass is 19.1. The molecule has 7 nitrogen and oxygen atoms in total. The molecule has 0 fully saturated rings. The number of benzene rings is 2. The molecular formula is C17H13FN4O3. The number of hydrogen-bond donors (Lipinski definition) is 2. The van der Waals surface area contributed by atoms with Crippen LogP contribution >= 0.6 is 0 Å². The topological polar surface area (TPSA) is 93.1 Å². The quantitative estimate of drug-likeness (QED) is 0.696. The highest BCUT2D eigenvalue weighted by Crippen LogP contribution is 2.07. The normalized spacial score (nSPS) is 10.4. The fourth-order valence-corrected chi connectivity index (χ4v) is 2.30. The van der Waals surface area contributed by atoms with Crippen molar-refractivity contribution < 1.29 is 14.0 Å². The number of aromatic nitrogens is 2. The van der Waals surface area contributed by atoms with Crippen molar-refractivity contribution in [1.29, 1.82) is 0 Å². The van der Waals surface area contributed by atoms with Gasteiger partial charge in [-0.25, -0.2) is 4.39 Å². The molecule has 25 heavy (non-hydrogen) atoms. The van der Waals surface area contributed by atoms with Crippen molar-refractivity contribution in [3.05, 3.63) is 76.3 Å². The van der Waals surface area contributed by atoms with Gasteiger partial charge in [0.05, 0.1) is 17.3 Å². The van der Waals surface area contributed by atoms with Crippen molar-refractivity contribution in [2.75, 3.05) is 0 Å². The Bertz CT molecular complexity index is 1020. The zero-order valence-electron chi connectivity index (χ0n) is 12.9. The lowest BCUT2D eigenvalue weighted by atomic mass is 10.2. The third-order valence-electron chi connectivity index (χ3n) is 3.49. The molecule has 0 unspecified atom stereocenters. The lowest BCUT2D eigenvalue weighted by Crippen LogP contribution is -2.43. The monoisotopic (exact) mass is 340 g/mol. The molecule has 8 heteroatoms. The summed E-state index contributed by atoms with van der Waals surface area (Å²) in [5.74, 6) is -2.04. The molecule has 0 bridgehead atoms. The molecule has 0 atom stereocenters. The van der Waals surface area contributed by atoms with Gasteiger partial charge in [0.2, 0.25) is 5.43 Å². The van der Waals surface area contributed by atoms with E-state index in [1.165, 1.54) is 22.9 Å². The molecule has 0 saturated heterocycles. The predicted molar refractivity (Wildman–Crippen MR) is 88.0 cm³/mol. The summed E-state index contributed by atoms with van der Waals surface area (Å²) in [4.78, 5) is 35.6. The average molecular weight is 340 g/mol. The summed E-state index contributed by atoms with van der Waals surface area (Å²) >= 11 is 0. The van der Waals surface area contributed by atoms with Gasteiger partial charge in [0.1, 0.15) is 12.4 Å². The van der Waals surface area contributed by atoms with E-state index in [9.17, 15) is 18.8 Å². The summed E-state index contributed by atoms with van der Waals surface area (Å²) in [5.41, 5.74) is 4.39. The van der Waals surface area contributed by atoms with Crippen LogP contribution in [0.4, 0.5) is 4.39 Å². The Balaban J connectivity index is 1.70. The van der Waals surface area contributed by atoms with Gasteiger partial charge in [-0.05, 0) is 24.3 Å². The highest BCUT2D eigenvalue weighted by molar-refractivity contribution is 5.95. The third-order valence-corrected chi connectivity index (χ3v) is 3.49. The van der Waals surface area contributed by atoms with Crippen LogP contribution in [0.15, 0.2) is 59.5 Å². The Morgan fingerprint density at radius 1 is 1.04 bits per heavy atom. The summed E-state index contributed by atoms with van der Waals surface area (Å²) in [6.45, 7) is -0.224. The maximum Gasteiger partial charge on any atom is 0.272 e. The molecule has 0 saturated carbocycles. The Morgan fingerprint density at radius 2 is 1.76 bits per heavy atom. The summed E-state index contributed by atoms with van der Waals surface area (Å²) < 4.78 is 14.8. The van der Waals surface area contributed by atoms with Crippen molar-refractivity contribution >= 4 is 22.7 Å². The first-order valence-electron chi connectivity index (χ1n) is 7.35. The van der Waals surface area contributed by atoms with E-state index in [1.807, 2.05) is 0 Å². The van der Waals surface area contributed by atoms with Gasteiger partial charge in [0.25, 0.3) is 11.8 Å². The predicted octanol–water partition coefficient (Wildman–Crippen LogP) is 0.997. The molecule has 0 radical (unpaired) electrons. The second kappa shape index (κ2) is 6.91. The zero-order valence-corrected chi connectivity index (χ0v) is 12.9. The fourth-order valence-electron chi connectivity index (χ4n) is 2.30. The van der Waals surface area contributed by atoms with Crippen molar-refractivity contribution in [2.24, 2.45) is 0 Å². The van der Waals surface area contributed by atoms with Gasteiger partial charge < -0.3 is 0 Å². The number of hydrazine groups is 1. The van der Waals surface area contributed by atoms with Crippen LogP contribution in [0.2, 0.25) is 0 Å². The van der Waals surface area contributed by atoms with E-state index in [2.05, 4.69) is 16.0 Å². The van der Waals surface area contributed by atoms with Crippen LogP contribution in [0.25, 0.3) is 10.9 Å². The molecule has 3 aromatic rings. The number of amides is 2. The van der Waals surface area contributed by atoms with Gasteiger partial charge in [-0.15, -0.1) is 0 Å². The van der Waals surface area contributed by atoms with Gasteiger partial charge in [-0.3, -0.25) is 29.9 Å². The number of carbonyl (C=O) groups excluding carboxylic acids is 2. The Kier molecular flexibility index (Phi) is 4.51. The minimum absolute atomic E-state index is 0.185. The molecule has 126 valence electrons. The molecule has 0 aliphatic rings. The minimum Gasteiger partial charge on any atom is -0.287 e. The Hall–Kier alpha value is -3.55. The van der Waals surface area contributed by atoms with Crippen molar-refractivity contribution in [3.63, 3.8) is 0 Å². The van der Waals surface area contributed by atoms with Crippen LogP contribution in [0, 0.1) is 5.82 Å². The van der Waals surface area contributed by atoms with Crippen LogP contribution in [0.1, 0.15) is 10.4 Å². The maximum atomic E-state index is 13.5. The van der Waals surface area contributed by atoms with E-state index < -0.39 is 17.6 Å². The van der Waals surface area contributed by atoms with Crippen LogP contribution in [0.5, 0.6) is 0 Å². The Labute approximate surface area is 141 Å². The van der Waals surface area contributed by atoms with E-state index >= 15 is 0 Å². The van der Waals surface area contributed by atoms with Gasteiger partial charge in [0, 0.05) is 5.39 Å². The van der Waals surface area contributed by atoms with Gasteiger partial charge >= 0.3 is 0 Å². The first kappa shape index (κ1) is 16.3. The summed E-state index contributed by atoms with van der Waals surface area (Å²) in [5, 5.41) is 4.35. The van der Waals surface area contributed by atoms with E-state index in [0.29, 0.717) is 10.9 Å². The Morgan fingerprint density at radius 3 is 2.56 bits per heavy atom. The molecule has 2 aromatic carbocycles. The third kappa shape index (κ3) is 3.52. The number of nitrogens with zero attached hydrogens (tertiary/aromatic N) is 2. The van der Waals surface area contributed by atoms with Crippen molar-refractivity contribution in [3.8, 4) is 0 Å². The fraction of sp³-hybridized carbons (Fsp3) is 0.0588. The molecule has 0 spiro atoms. The van der Waals surface area contributed by atoms with E-state index in [1.54, 1.807) is 24.3 Å². The van der Waals surface area contributed by atoms with E-state index in [-0.39, 0.29) is 17.5 Å². The van der Waals surface area contributed by atoms with Crippen molar-refractivity contribution in [2.45, 2.75) is 6.54 Å². The van der Waals surface area contributed by atoms with Crippen molar-refractivity contribution in [1.82, 2.24) is 20.6 Å². The standard InChI is InChI=1S/C17H13FN4O3/c18-13-7-3-1-5-11(13)17(25)21-20-16(24)10-22-14-8-4-2-6-12(14)15(23)9-19-22/h1-9H,10H2,(H,20,24)(H,21,25). The first-order chi connectivity index (χ1) is 12.1. The molecular weight excluding hydrogens is 327 g/mol. The van der Waals surface area contributed by atoms with Gasteiger partial charge in [0.15, 0.2) is 0 Å². The molecule has 2 N–H and O–H groups in total. The molecule has 3 rings (SSSR count). The molecule has 0 aliphatic carbocycles. The zero-order chi connectivity index (χ0) is 17.8. The van der Waals surface area contributed by atoms with Crippen LogP contribution < -0.4 is 16.3 Å². The summed E-state index contributed by atoms with van der Waals surface area (Å²) in [6, 6.07) is 12.1. The lowest BCUT2D eigenvalue weighted by Gasteiger charge is -2.10. The molecule has 2 amide bonds. The number of carbonyl (C=O) groups is 2. The largest absolute Gasteiger partial charge is 0.287 e. The number of para-hydroxylation sites is 1. The molecule has 0 aliphatic heterocycles. The molecule has 1 aromatic heterocycles. The number of hydrogen-bond acceptors (Lipinski definition) is 4. The second-order valence-electron chi connectivity index (χ2n) is 5.17.